The minimum atomic E-state index is -0.471. The Morgan fingerprint density at radius 1 is 1.08 bits per heavy atom. The van der Waals surface area contributed by atoms with E-state index in [-0.39, 0.29) is 0 Å². The highest BCUT2D eigenvalue weighted by Gasteiger charge is 2.53. The van der Waals surface area contributed by atoms with E-state index in [0.29, 0.717) is 5.41 Å². The maximum Gasteiger partial charge on any atom is 0.0657 e. The molecule has 0 radical (unpaired) electrons. The van der Waals surface area contributed by atoms with Gasteiger partial charge in [0.15, 0.2) is 0 Å². The predicted molar refractivity (Wildman–Crippen MR) is 105 cm³/mol. The molecule has 138 valence electrons. The summed E-state index contributed by atoms with van der Waals surface area (Å²) in [6.45, 7) is 4.54. The van der Waals surface area contributed by atoms with Crippen molar-refractivity contribution < 1.29 is 5.11 Å². The van der Waals surface area contributed by atoms with Crippen molar-refractivity contribution in [1.82, 2.24) is 4.98 Å². The van der Waals surface area contributed by atoms with E-state index in [2.05, 4.69) is 36.2 Å². The topological polar surface area (TPSA) is 33.1 Å². The average Bonchev–Trinajstić information content (AvgIpc) is 2.98. The fourth-order valence-corrected chi connectivity index (χ4v) is 7.00. The first-order valence-electron chi connectivity index (χ1n) is 10.5. The summed E-state index contributed by atoms with van der Waals surface area (Å²) in [6, 6.07) is 4.31. The molecule has 0 aliphatic heterocycles. The summed E-state index contributed by atoms with van der Waals surface area (Å²) in [7, 11) is 0. The normalized spacial score (nSPS) is 44.4. The second-order valence-electron chi connectivity index (χ2n) is 9.82. The van der Waals surface area contributed by atoms with Crippen LogP contribution in [0.3, 0.4) is 0 Å². The Morgan fingerprint density at radius 2 is 1.96 bits per heavy atom. The Labute approximate surface area is 157 Å². The van der Waals surface area contributed by atoms with Crippen LogP contribution >= 0.6 is 0 Å². The van der Waals surface area contributed by atoms with Gasteiger partial charge in [0.1, 0.15) is 0 Å². The largest absolute Gasteiger partial charge is 0.390 e. The lowest BCUT2D eigenvalue weighted by Gasteiger charge is -2.54. The minimum Gasteiger partial charge on any atom is -0.390 e. The third kappa shape index (κ3) is 2.45. The van der Waals surface area contributed by atoms with E-state index < -0.39 is 5.60 Å². The summed E-state index contributed by atoms with van der Waals surface area (Å²) in [6.07, 6.45) is 17.1. The smallest absolute Gasteiger partial charge is 0.0657 e. The van der Waals surface area contributed by atoms with Crippen LogP contribution in [-0.2, 0) is 0 Å². The molecule has 1 aromatic rings. The first kappa shape index (κ1) is 16.7. The predicted octanol–water partition coefficient (Wildman–Crippen LogP) is 5.40. The van der Waals surface area contributed by atoms with Gasteiger partial charge in [0.2, 0.25) is 0 Å². The van der Waals surface area contributed by atoms with Crippen LogP contribution in [0.25, 0.3) is 5.57 Å². The molecule has 1 aromatic heterocycles. The lowest BCUT2D eigenvalue weighted by atomic mass is 9.51. The van der Waals surface area contributed by atoms with Gasteiger partial charge in [0.05, 0.1) is 5.60 Å². The molecule has 0 spiro atoms. The molecule has 6 atom stereocenters. The molecule has 1 N–H and O–H groups in total. The Morgan fingerprint density at radius 3 is 2.77 bits per heavy atom. The second-order valence-corrected chi connectivity index (χ2v) is 9.82. The number of hydrogen-bond donors (Lipinski definition) is 1. The van der Waals surface area contributed by atoms with Gasteiger partial charge in [-0.3, -0.25) is 4.98 Å². The fraction of sp³-hybridized carbons (Fsp3) is 0.625. The molecule has 0 aromatic carbocycles. The van der Waals surface area contributed by atoms with Gasteiger partial charge in [0.25, 0.3) is 0 Å². The van der Waals surface area contributed by atoms with Crippen molar-refractivity contribution in [1.29, 1.82) is 0 Å². The molecular weight excluding hydrogens is 318 g/mol. The second kappa shape index (κ2) is 5.79. The molecular formula is C24H31NO. The molecule has 26 heavy (non-hydrogen) atoms. The number of fused-ring (bicyclic) bond motifs is 5. The highest BCUT2D eigenvalue weighted by molar-refractivity contribution is 5.72. The third-order valence-corrected chi connectivity index (χ3v) is 8.27. The van der Waals surface area contributed by atoms with Gasteiger partial charge in [-0.1, -0.05) is 30.7 Å². The van der Waals surface area contributed by atoms with E-state index >= 15 is 0 Å². The van der Waals surface area contributed by atoms with Gasteiger partial charge in [-0.15, -0.1) is 0 Å². The molecule has 0 amide bonds. The highest BCUT2D eigenvalue weighted by atomic mass is 16.3. The van der Waals surface area contributed by atoms with Gasteiger partial charge < -0.3 is 5.11 Å². The Hall–Kier alpha value is -1.41. The summed E-state index contributed by atoms with van der Waals surface area (Å²) < 4.78 is 0. The van der Waals surface area contributed by atoms with Crippen LogP contribution in [0.15, 0.2) is 42.3 Å². The summed E-state index contributed by atoms with van der Waals surface area (Å²) in [5, 5.41) is 10.5. The van der Waals surface area contributed by atoms with E-state index in [0.717, 1.165) is 36.5 Å². The molecule has 0 bridgehead atoms. The molecule has 1 unspecified atom stereocenters. The zero-order valence-corrected chi connectivity index (χ0v) is 16.1. The lowest BCUT2D eigenvalue weighted by molar-refractivity contribution is -0.0122. The number of hydrogen-bond acceptors (Lipinski definition) is 2. The Balaban J connectivity index is 1.44. The average molecular weight is 350 g/mol. The van der Waals surface area contributed by atoms with Crippen molar-refractivity contribution in [3.05, 3.63) is 47.8 Å². The van der Waals surface area contributed by atoms with E-state index in [4.69, 9.17) is 0 Å². The van der Waals surface area contributed by atoms with Crippen molar-refractivity contribution in [3.8, 4) is 0 Å². The maximum absolute atomic E-state index is 10.5. The number of pyridine rings is 1. The van der Waals surface area contributed by atoms with Crippen LogP contribution in [0.1, 0.15) is 64.4 Å². The maximum atomic E-state index is 10.5. The van der Waals surface area contributed by atoms with Gasteiger partial charge in [-0.05, 0) is 98.2 Å². The van der Waals surface area contributed by atoms with Crippen LogP contribution in [0.4, 0.5) is 0 Å². The molecule has 5 rings (SSSR count). The SMILES string of the molecule is C[C@]1(O)CCC2C(=CC[C@@H]3[C@@H]2CC[C@]2(C)C(c4cccnc4)=CC[C@@H]32)C1. The molecule has 2 fully saturated rings. The summed E-state index contributed by atoms with van der Waals surface area (Å²) >= 11 is 0. The van der Waals surface area contributed by atoms with E-state index in [9.17, 15) is 5.11 Å². The number of nitrogens with zero attached hydrogens (tertiary/aromatic N) is 1. The molecule has 4 aliphatic carbocycles. The van der Waals surface area contributed by atoms with Crippen molar-refractivity contribution in [2.45, 2.75) is 64.4 Å². The summed E-state index contributed by atoms with van der Waals surface area (Å²) in [5.74, 6) is 3.17. The van der Waals surface area contributed by atoms with Crippen molar-refractivity contribution in [2.24, 2.45) is 29.1 Å². The zero-order chi connectivity index (χ0) is 17.9. The fourth-order valence-electron chi connectivity index (χ4n) is 7.00. The number of rotatable bonds is 1. The summed E-state index contributed by atoms with van der Waals surface area (Å²) in [5.41, 5.74) is 4.30. The van der Waals surface area contributed by atoms with Gasteiger partial charge >= 0.3 is 0 Å². The van der Waals surface area contributed by atoms with Crippen LogP contribution in [0, 0.1) is 29.1 Å². The van der Waals surface area contributed by atoms with Crippen LogP contribution < -0.4 is 0 Å². The molecule has 0 saturated heterocycles. The molecule has 2 saturated carbocycles. The minimum absolute atomic E-state index is 0.315. The Kier molecular flexibility index (Phi) is 3.73. The summed E-state index contributed by atoms with van der Waals surface area (Å²) in [4.78, 5) is 4.37. The lowest BCUT2D eigenvalue weighted by Crippen LogP contribution is -2.46. The van der Waals surface area contributed by atoms with Gasteiger partial charge in [0, 0.05) is 12.4 Å². The number of aliphatic hydroxyl groups is 1. The molecule has 2 heteroatoms. The first-order valence-corrected chi connectivity index (χ1v) is 10.5. The monoisotopic (exact) mass is 349 g/mol. The quantitative estimate of drug-likeness (QED) is 0.689. The first-order chi connectivity index (χ1) is 12.5. The van der Waals surface area contributed by atoms with Crippen molar-refractivity contribution in [3.63, 3.8) is 0 Å². The zero-order valence-electron chi connectivity index (χ0n) is 16.1. The Bertz CT molecular complexity index is 762. The van der Waals surface area contributed by atoms with E-state index in [1.54, 1.807) is 11.1 Å². The standard InChI is InChI=1S/C24H31NO/c1-23(26)11-9-18-16(14-23)5-6-20-19(18)10-12-24(2)21(7-8-22(20)24)17-4-3-13-25-15-17/h3-5,7,13,15,18-20,22,26H,6,8-12,14H2,1-2H3/t18?,19-,20-,22+,23+,24-/m1/s1. The highest BCUT2D eigenvalue weighted by Crippen LogP contribution is 2.63. The van der Waals surface area contributed by atoms with E-state index in [1.807, 2.05) is 19.3 Å². The van der Waals surface area contributed by atoms with Crippen LogP contribution in [0.2, 0.25) is 0 Å². The van der Waals surface area contributed by atoms with Crippen LogP contribution in [0.5, 0.6) is 0 Å². The molecule has 4 aliphatic rings. The van der Waals surface area contributed by atoms with E-state index in [1.165, 1.54) is 37.7 Å². The van der Waals surface area contributed by atoms with Gasteiger partial charge in [-0.2, -0.15) is 0 Å². The van der Waals surface area contributed by atoms with Crippen molar-refractivity contribution >= 4 is 5.57 Å². The van der Waals surface area contributed by atoms with Crippen molar-refractivity contribution in [2.75, 3.05) is 0 Å². The third-order valence-electron chi connectivity index (χ3n) is 8.27. The number of aromatic nitrogens is 1. The van der Waals surface area contributed by atoms with Gasteiger partial charge in [-0.25, -0.2) is 0 Å². The number of allylic oxidation sites excluding steroid dienone is 3. The molecule has 2 nitrogen and oxygen atoms in total. The molecule has 1 heterocycles. The van der Waals surface area contributed by atoms with Crippen LogP contribution in [-0.4, -0.2) is 15.7 Å².